The molecule has 36 heavy (non-hydrogen) atoms. The zero-order chi connectivity index (χ0) is 25.7. The van der Waals surface area contributed by atoms with Gasteiger partial charge in [0.25, 0.3) is 5.91 Å². The number of anilines is 1. The number of carbonyl (C=O) groups is 2. The Balaban J connectivity index is 1.81. The zero-order valence-corrected chi connectivity index (χ0v) is 22.1. The van der Waals surface area contributed by atoms with Crippen molar-refractivity contribution in [2.24, 2.45) is 0 Å². The van der Waals surface area contributed by atoms with E-state index in [2.05, 4.69) is 10.3 Å². The summed E-state index contributed by atoms with van der Waals surface area (Å²) in [5, 5.41) is 4.05. The van der Waals surface area contributed by atoms with Crippen LogP contribution in [0.1, 0.15) is 64.1 Å². The highest BCUT2D eigenvalue weighted by Gasteiger charge is 2.36. The normalized spacial score (nSPS) is 14.7. The third-order valence-electron chi connectivity index (χ3n) is 6.56. The number of methoxy groups -OCH3 is 2. The molecule has 0 radical (unpaired) electrons. The van der Waals surface area contributed by atoms with E-state index in [1.807, 2.05) is 50.2 Å². The number of benzene rings is 2. The Morgan fingerprint density at radius 2 is 1.53 bits per heavy atom. The number of nitrogens with zero attached hydrogens (tertiary/aromatic N) is 2. The first-order valence-electron chi connectivity index (χ1n) is 12.3. The first-order chi connectivity index (χ1) is 17.4. The molecule has 1 aliphatic rings. The third-order valence-corrected chi connectivity index (χ3v) is 7.62. The van der Waals surface area contributed by atoms with E-state index >= 15 is 0 Å². The van der Waals surface area contributed by atoms with Crippen LogP contribution < -0.4 is 19.7 Å². The zero-order valence-electron chi connectivity index (χ0n) is 21.2. The van der Waals surface area contributed by atoms with Gasteiger partial charge in [-0.05, 0) is 68.7 Å². The standard InChI is InChI=1S/C28H33N3O4S/c1-18-26(36-19(2)29-18)28(33)31(22-12-16-24(35-4)17-13-22)25(20-10-14-23(34-3)15-11-20)27(32)30-21-8-6-5-7-9-21/h10-17,21,25H,5-9H2,1-4H3,(H,30,32)/t25-/m0/s1. The summed E-state index contributed by atoms with van der Waals surface area (Å²) in [6, 6.07) is 13.8. The van der Waals surface area contributed by atoms with E-state index in [4.69, 9.17) is 9.47 Å². The van der Waals surface area contributed by atoms with Gasteiger partial charge in [-0.3, -0.25) is 14.5 Å². The van der Waals surface area contributed by atoms with Crippen molar-refractivity contribution >= 4 is 28.8 Å². The van der Waals surface area contributed by atoms with Crippen LogP contribution in [0.25, 0.3) is 0 Å². The first-order valence-corrected chi connectivity index (χ1v) is 13.1. The van der Waals surface area contributed by atoms with Crippen molar-refractivity contribution < 1.29 is 19.1 Å². The summed E-state index contributed by atoms with van der Waals surface area (Å²) in [5.41, 5.74) is 1.96. The van der Waals surface area contributed by atoms with Crippen LogP contribution in [0.5, 0.6) is 11.5 Å². The van der Waals surface area contributed by atoms with Gasteiger partial charge in [0.05, 0.1) is 24.9 Å². The number of aryl methyl sites for hydroxylation is 2. The van der Waals surface area contributed by atoms with Crippen molar-refractivity contribution in [2.45, 2.75) is 58.0 Å². The molecule has 0 saturated heterocycles. The van der Waals surface area contributed by atoms with Crippen molar-refractivity contribution in [1.82, 2.24) is 10.3 Å². The molecule has 1 fully saturated rings. The van der Waals surface area contributed by atoms with Crippen LogP contribution in [0.4, 0.5) is 5.69 Å². The van der Waals surface area contributed by atoms with Crippen molar-refractivity contribution in [3.63, 3.8) is 0 Å². The number of nitrogens with one attached hydrogen (secondary N) is 1. The number of aromatic nitrogens is 1. The molecule has 4 rings (SSSR count). The SMILES string of the molecule is COc1ccc([C@@H](C(=O)NC2CCCCC2)N(C(=O)c2sc(C)nc2C)c2ccc(OC)cc2)cc1. The van der Waals surface area contributed by atoms with E-state index < -0.39 is 6.04 Å². The summed E-state index contributed by atoms with van der Waals surface area (Å²) < 4.78 is 10.7. The molecular formula is C28H33N3O4S. The summed E-state index contributed by atoms with van der Waals surface area (Å²) in [4.78, 5) is 34.7. The number of rotatable bonds is 8. The van der Waals surface area contributed by atoms with Crippen LogP contribution in [-0.2, 0) is 4.79 Å². The molecule has 2 amide bonds. The minimum atomic E-state index is -0.875. The van der Waals surface area contributed by atoms with E-state index in [1.165, 1.54) is 17.8 Å². The van der Waals surface area contributed by atoms with Gasteiger partial charge < -0.3 is 14.8 Å². The molecule has 0 bridgehead atoms. The Kier molecular flexibility index (Phi) is 8.25. The Bertz CT molecular complexity index is 1180. The molecule has 1 heterocycles. The molecule has 190 valence electrons. The predicted octanol–water partition coefficient (Wildman–Crippen LogP) is 5.61. The summed E-state index contributed by atoms with van der Waals surface area (Å²) in [7, 11) is 3.20. The van der Waals surface area contributed by atoms with Gasteiger partial charge in [0, 0.05) is 11.7 Å². The Hall–Kier alpha value is -3.39. The van der Waals surface area contributed by atoms with Crippen molar-refractivity contribution in [2.75, 3.05) is 19.1 Å². The van der Waals surface area contributed by atoms with Gasteiger partial charge in [0.15, 0.2) is 0 Å². The molecule has 1 saturated carbocycles. The van der Waals surface area contributed by atoms with Gasteiger partial charge in [-0.1, -0.05) is 31.4 Å². The van der Waals surface area contributed by atoms with Gasteiger partial charge in [-0.15, -0.1) is 11.3 Å². The van der Waals surface area contributed by atoms with E-state index in [9.17, 15) is 9.59 Å². The third kappa shape index (κ3) is 5.70. The number of carbonyl (C=O) groups excluding carboxylic acids is 2. The van der Waals surface area contributed by atoms with E-state index in [0.717, 1.165) is 30.7 Å². The van der Waals surface area contributed by atoms with Crippen LogP contribution in [0, 0.1) is 13.8 Å². The monoisotopic (exact) mass is 507 g/mol. The first kappa shape index (κ1) is 25.7. The minimum absolute atomic E-state index is 0.104. The average molecular weight is 508 g/mol. The lowest BCUT2D eigenvalue weighted by Gasteiger charge is -2.33. The molecule has 0 aliphatic heterocycles. The lowest BCUT2D eigenvalue weighted by molar-refractivity contribution is -0.123. The summed E-state index contributed by atoms with van der Waals surface area (Å²) in [6.07, 6.45) is 5.28. The molecule has 1 atom stereocenters. The Morgan fingerprint density at radius 1 is 0.944 bits per heavy atom. The number of hydrogen-bond acceptors (Lipinski definition) is 6. The lowest BCUT2D eigenvalue weighted by atomic mass is 9.94. The smallest absolute Gasteiger partial charge is 0.271 e. The maximum atomic E-state index is 14.1. The van der Waals surface area contributed by atoms with E-state index in [-0.39, 0.29) is 17.9 Å². The molecular weight excluding hydrogens is 474 g/mol. The molecule has 0 unspecified atom stereocenters. The van der Waals surface area contributed by atoms with Crippen LogP contribution in [0.2, 0.25) is 0 Å². The number of amides is 2. The van der Waals surface area contributed by atoms with Crippen molar-refractivity contribution in [1.29, 1.82) is 0 Å². The highest BCUT2D eigenvalue weighted by Crippen LogP contribution is 2.34. The predicted molar refractivity (Wildman–Crippen MR) is 142 cm³/mol. The Labute approximate surface area is 216 Å². The van der Waals surface area contributed by atoms with Gasteiger partial charge in [-0.25, -0.2) is 4.98 Å². The van der Waals surface area contributed by atoms with Crippen molar-refractivity contribution in [3.05, 3.63) is 69.7 Å². The quantitative estimate of drug-likeness (QED) is 0.428. The molecule has 1 N–H and O–H groups in total. The van der Waals surface area contributed by atoms with Gasteiger partial charge in [0.1, 0.15) is 22.4 Å². The van der Waals surface area contributed by atoms with E-state index in [0.29, 0.717) is 33.3 Å². The fourth-order valence-corrected chi connectivity index (χ4v) is 5.55. The van der Waals surface area contributed by atoms with Crippen molar-refractivity contribution in [3.8, 4) is 11.5 Å². The van der Waals surface area contributed by atoms with Gasteiger partial charge in [-0.2, -0.15) is 0 Å². The minimum Gasteiger partial charge on any atom is -0.497 e. The van der Waals surface area contributed by atoms with Crippen LogP contribution >= 0.6 is 11.3 Å². The van der Waals surface area contributed by atoms with E-state index in [1.54, 1.807) is 31.3 Å². The van der Waals surface area contributed by atoms with Gasteiger partial charge >= 0.3 is 0 Å². The maximum absolute atomic E-state index is 14.1. The molecule has 7 nitrogen and oxygen atoms in total. The molecule has 2 aromatic carbocycles. The topological polar surface area (TPSA) is 80.8 Å². The Morgan fingerprint density at radius 3 is 2.06 bits per heavy atom. The van der Waals surface area contributed by atoms with Gasteiger partial charge in [0.2, 0.25) is 5.91 Å². The number of thiazole rings is 1. The molecule has 8 heteroatoms. The van der Waals surface area contributed by atoms with Crippen LogP contribution in [-0.4, -0.2) is 37.1 Å². The second-order valence-corrected chi connectivity index (χ2v) is 10.2. The molecule has 1 aromatic heterocycles. The molecule has 3 aromatic rings. The lowest BCUT2D eigenvalue weighted by Crippen LogP contribution is -2.47. The largest absolute Gasteiger partial charge is 0.497 e. The number of hydrogen-bond donors (Lipinski definition) is 1. The summed E-state index contributed by atoms with van der Waals surface area (Å²) in [5.74, 6) is 0.892. The molecule has 1 aliphatic carbocycles. The average Bonchev–Trinajstić information content (AvgIpc) is 3.25. The summed E-state index contributed by atoms with van der Waals surface area (Å²) in [6.45, 7) is 3.70. The second kappa shape index (κ2) is 11.6. The van der Waals surface area contributed by atoms with Crippen LogP contribution in [0.15, 0.2) is 48.5 Å². The highest BCUT2D eigenvalue weighted by atomic mass is 32.1. The second-order valence-electron chi connectivity index (χ2n) is 9.04. The number of ether oxygens (including phenoxy) is 2. The summed E-state index contributed by atoms with van der Waals surface area (Å²) >= 11 is 1.34. The fourth-order valence-electron chi connectivity index (χ4n) is 4.70. The fraction of sp³-hybridized carbons (Fsp3) is 0.393. The highest BCUT2D eigenvalue weighted by molar-refractivity contribution is 7.13. The van der Waals surface area contributed by atoms with Crippen LogP contribution in [0.3, 0.4) is 0 Å². The molecule has 0 spiro atoms. The maximum Gasteiger partial charge on any atom is 0.271 e.